The molecule has 0 bridgehead atoms. The molecule has 0 aromatic heterocycles. The van der Waals surface area contributed by atoms with Gasteiger partial charge >= 0.3 is 5.97 Å². The summed E-state index contributed by atoms with van der Waals surface area (Å²) in [4.78, 5) is 40.1. The van der Waals surface area contributed by atoms with Crippen LogP contribution < -0.4 is 27.0 Å². The smallest absolute Gasteiger partial charge is 0.325 e. The molecule has 2 aromatic carbocycles. The molecule has 1 aliphatic rings. The predicted octanol–water partition coefficient (Wildman–Crippen LogP) is 0.610. The predicted molar refractivity (Wildman–Crippen MR) is 125 cm³/mol. The first-order valence-corrected chi connectivity index (χ1v) is 10.8. The lowest BCUT2D eigenvalue weighted by atomic mass is 10.2. The number of nitrogens with zero attached hydrogens (tertiary/aromatic N) is 1. The fourth-order valence-electron chi connectivity index (χ4n) is 2.95. The number of carbonyl (C=O) groups excluding carboxylic acids is 3. The van der Waals surface area contributed by atoms with Gasteiger partial charge in [-0.3, -0.25) is 14.4 Å². The molecule has 186 valence electrons. The first kappa shape index (κ1) is 25.6. The first-order chi connectivity index (χ1) is 16.7. The Balaban J connectivity index is 1.39. The average molecular weight is 488 g/mol. The molecule has 2 amide bonds. The van der Waals surface area contributed by atoms with E-state index in [9.17, 15) is 23.2 Å². The zero-order chi connectivity index (χ0) is 25.3. The molecule has 1 aliphatic heterocycles. The van der Waals surface area contributed by atoms with E-state index in [-0.39, 0.29) is 31.2 Å². The molecule has 3 rings (SSSR count). The highest BCUT2D eigenvalue weighted by Crippen LogP contribution is 2.16. The number of hydrogen-bond acceptors (Lipinski definition) is 8. The fourth-order valence-corrected chi connectivity index (χ4v) is 2.95. The van der Waals surface area contributed by atoms with Crippen LogP contribution in [0.15, 0.2) is 59.6 Å². The molecular weight excluding hydrogens is 462 g/mol. The van der Waals surface area contributed by atoms with E-state index in [4.69, 9.17) is 10.5 Å². The lowest BCUT2D eigenvalue weighted by molar-refractivity contribution is -0.146. The van der Waals surface area contributed by atoms with E-state index < -0.39 is 42.8 Å². The topological polar surface area (TPSA) is 147 Å². The van der Waals surface area contributed by atoms with Gasteiger partial charge < -0.3 is 31.7 Å². The summed E-state index contributed by atoms with van der Waals surface area (Å²) < 4.78 is 31.4. The van der Waals surface area contributed by atoms with E-state index in [1.165, 1.54) is 12.1 Å². The normalized spacial score (nSPS) is 15.1. The highest BCUT2D eigenvalue weighted by molar-refractivity contribution is 5.99. The van der Waals surface area contributed by atoms with Crippen LogP contribution in [-0.2, 0) is 20.9 Å². The quantitative estimate of drug-likeness (QED) is 0.325. The fraction of sp³-hybridized carbons (Fsp3) is 0.304. The van der Waals surface area contributed by atoms with Crippen LogP contribution in [0.5, 0.6) is 0 Å². The molecule has 2 aromatic rings. The maximum absolute atomic E-state index is 13.2. The average Bonchev–Trinajstić information content (AvgIpc) is 2.86. The van der Waals surface area contributed by atoms with Gasteiger partial charge in [0.05, 0.1) is 13.1 Å². The Morgan fingerprint density at radius 1 is 1.11 bits per heavy atom. The number of alkyl halides is 2. The van der Waals surface area contributed by atoms with E-state index in [1.807, 2.05) is 18.2 Å². The third-order valence-corrected chi connectivity index (χ3v) is 4.83. The van der Waals surface area contributed by atoms with Crippen molar-refractivity contribution in [2.24, 2.45) is 10.7 Å². The van der Waals surface area contributed by atoms with Crippen molar-refractivity contribution in [1.29, 1.82) is 0 Å². The summed E-state index contributed by atoms with van der Waals surface area (Å²) in [5.74, 6) is -4.46. The van der Waals surface area contributed by atoms with Gasteiger partial charge in [-0.1, -0.05) is 36.4 Å². The van der Waals surface area contributed by atoms with Gasteiger partial charge in [-0.25, -0.2) is 13.8 Å². The highest BCUT2D eigenvalue weighted by Gasteiger charge is 2.32. The second kappa shape index (κ2) is 11.9. The number of esters is 1. The van der Waals surface area contributed by atoms with Crippen molar-refractivity contribution < 1.29 is 27.9 Å². The summed E-state index contributed by atoms with van der Waals surface area (Å²) in [6.45, 7) is -1.60. The minimum absolute atomic E-state index is 0.0706. The van der Waals surface area contributed by atoms with Crippen molar-refractivity contribution in [3.8, 4) is 0 Å². The number of hydrogen-bond donors (Lipinski definition) is 5. The monoisotopic (exact) mass is 488 g/mol. The second-order valence-electron chi connectivity index (χ2n) is 7.77. The molecule has 6 N–H and O–H groups in total. The summed E-state index contributed by atoms with van der Waals surface area (Å²) in [7, 11) is 0. The van der Waals surface area contributed by atoms with Crippen molar-refractivity contribution in [1.82, 2.24) is 16.0 Å². The minimum Gasteiger partial charge on any atom is -0.460 e. The third-order valence-electron chi connectivity index (χ3n) is 4.83. The highest BCUT2D eigenvalue weighted by atomic mass is 19.3. The van der Waals surface area contributed by atoms with Crippen LogP contribution >= 0.6 is 0 Å². The van der Waals surface area contributed by atoms with Gasteiger partial charge in [-0.05, 0) is 23.8 Å². The molecule has 0 radical (unpaired) electrons. The number of guanidine groups is 1. The number of halogens is 2. The summed E-state index contributed by atoms with van der Waals surface area (Å²) in [6.07, 6.45) is 0. The third kappa shape index (κ3) is 8.34. The van der Waals surface area contributed by atoms with Crippen LogP contribution in [-0.4, -0.2) is 61.9 Å². The standard InChI is InChI=1S/C23H26F2N6O4/c24-23(25)13-29-22(30-14-23)31-17-8-4-7-16(9-17)20(33)28-11-19(32)27-10-18(26)21(34)35-12-15-5-2-1-3-6-15/h1-9,18H,10-14,26H2,(H,27,32)(H,28,33)(H2,29,30,31)/t18-/m0/s1. The Bertz CT molecular complexity index is 1080. The maximum atomic E-state index is 13.2. The van der Waals surface area contributed by atoms with Gasteiger partial charge in [0, 0.05) is 17.8 Å². The van der Waals surface area contributed by atoms with Gasteiger partial charge in [0.15, 0.2) is 5.96 Å². The van der Waals surface area contributed by atoms with Crippen LogP contribution in [0.25, 0.3) is 0 Å². The molecule has 0 fully saturated rings. The van der Waals surface area contributed by atoms with E-state index in [1.54, 1.807) is 24.3 Å². The maximum Gasteiger partial charge on any atom is 0.325 e. The van der Waals surface area contributed by atoms with E-state index in [2.05, 4.69) is 26.3 Å². The van der Waals surface area contributed by atoms with Gasteiger partial charge in [0.1, 0.15) is 19.2 Å². The molecule has 1 atom stereocenters. The minimum atomic E-state index is -2.90. The molecule has 0 saturated heterocycles. The molecule has 0 spiro atoms. The Labute approximate surface area is 200 Å². The summed E-state index contributed by atoms with van der Waals surface area (Å²) in [6, 6.07) is 14.3. The lowest BCUT2D eigenvalue weighted by Crippen LogP contribution is -2.46. The van der Waals surface area contributed by atoms with Crippen LogP contribution in [0.2, 0.25) is 0 Å². The van der Waals surface area contributed by atoms with Gasteiger partial charge in [-0.2, -0.15) is 0 Å². The molecule has 12 heteroatoms. The summed E-state index contributed by atoms with van der Waals surface area (Å²) in [5, 5.41) is 10.2. The first-order valence-electron chi connectivity index (χ1n) is 10.8. The van der Waals surface area contributed by atoms with Crippen molar-refractivity contribution >= 4 is 29.4 Å². The molecule has 0 aliphatic carbocycles. The molecule has 1 heterocycles. The van der Waals surface area contributed by atoms with Crippen LogP contribution in [0.4, 0.5) is 14.5 Å². The number of carbonyl (C=O) groups is 3. The second-order valence-corrected chi connectivity index (χ2v) is 7.77. The number of nitrogens with two attached hydrogens (primary N) is 1. The number of amides is 2. The molecule has 10 nitrogen and oxygen atoms in total. The van der Waals surface area contributed by atoms with Crippen LogP contribution in [0.1, 0.15) is 15.9 Å². The number of rotatable bonds is 9. The number of ether oxygens (including phenoxy) is 1. The van der Waals surface area contributed by atoms with Crippen molar-refractivity contribution in [2.45, 2.75) is 18.6 Å². The van der Waals surface area contributed by atoms with Gasteiger partial charge in [0.2, 0.25) is 5.91 Å². The number of nitrogens with one attached hydrogen (secondary N) is 4. The molecule has 0 saturated carbocycles. The number of benzene rings is 2. The Morgan fingerprint density at radius 2 is 1.89 bits per heavy atom. The summed E-state index contributed by atoms with van der Waals surface area (Å²) >= 11 is 0. The van der Waals surface area contributed by atoms with Crippen LogP contribution in [0, 0.1) is 0 Å². The Kier molecular flexibility index (Phi) is 8.68. The summed E-state index contributed by atoms with van der Waals surface area (Å²) in [5.41, 5.74) is 7.25. The lowest BCUT2D eigenvalue weighted by Gasteiger charge is -2.23. The zero-order valence-corrected chi connectivity index (χ0v) is 18.7. The van der Waals surface area contributed by atoms with Gasteiger partial charge in [0.25, 0.3) is 11.8 Å². The van der Waals surface area contributed by atoms with Crippen molar-refractivity contribution in [3.63, 3.8) is 0 Å². The van der Waals surface area contributed by atoms with Crippen LogP contribution in [0.3, 0.4) is 0 Å². The Hall–Kier alpha value is -4.06. The largest absolute Gasteiger partial charge is 0.460 e. The molecule has 0 unspecified atom stereocenters. The van der Waals surface area contributed by atoms with E-state index >= 15 is 0 Å². The van der Waals surface area contributed by atoms with Crippen molar-refractivity contribution in [3.05, 3.63) is 65.7 Å². The van der Waals surface area contributed by atoms with E-state index in [0.29, 0.717) is 5.69 Å². The Morgan fingerprint density at radius 3 is 2.60 bits per heavy atom. The van der Waals surface area contributed by atoms with E-state index in [0.717, 1.165) is 5.56 Å². The SMILES string of the molecule is N[C@@H](CNC(=O)CNC(=O)c1cccc(NC2=NCC(F)(F)CN2)c1)C(=O)OCc1ccccc1. The molecular formula is C23H26F2N6O4. The van der Waals surface area contributed by atoms with Gasteiger partial charge in [-0.15, -0.1) is 0 Å². The number of anilines is 1. The number of aliphatic imine (C=N–C) groups is 1. The zero-order valence-electron chi connectivity index (χ0n) is 18.7. The molecule has 35 heavy (non-hydrogen) atoms. The van der Waals surface area contributed by atoms with Crippen molar-refractivity contribution in [2.75, 3.05) is 31.5 Å².